The van der Waals surface area contributed by atoms with Crippen molar-refractivity contribution in [1.82, 2.24) is 10.2 Å². The Labute approximate surface area is 208 Å². The molecule has 4 rings (SSSR count). The number of rotatable bonds is 9. The van der Waals surface area contributed by atoms with Crippen molar-refractivity contribution in [2.24, 2.45) is 10.7 Å². The van der Waals surface area contributed by atoms with Gasteiger partial charge in [-0.2, -0.15) is 0 Å². The molecule has 5 nitrogen and oxygen atoms in total. The van der Waals surface area contributed by atoms with E-state index in [-0.39, 0.29) is 5.78 Å². The van der Waals surface area contributed by atoms with E-state index in [2.05, 4.69) is 46.6 Å². The highest BCUT2D eigenvalue weighted by atomic mass is 16.1. The van der Waals surface area contributed by atoms with Gasteiger partial charge in [-0.3, -0.25) is 14.7 Å². The highest BCUT2D eigenvalue weighted by molar-refractivity contribution is 6.19. The Hall–Kier alpha value is -3.54. The van der Waals surface area contributed by atoms with Gasteiger partial charge in [-0.15, -0.1) is 0 Å². The van der Waals surface area contributed by atoms with E-state index in [0.29, 0.717) is 25.3 Å². The Morgan fingerprint density at radius 3 is 1.86 bits per heavy atom. The molecule has 1 aliphatic rings. The molecule has 0 spiro atoms. The van der Waals surface area contributed by atoms with Crippen LogP contribution < -0.4 is 11.1 Å². The lowest BCUT2D eigenvalue weighted by molar-refractivity contribution is -0.122. The first-order valence-corrected chi connectivity index (χ1v) is 12.1. The summed E-state index contributed by atoms with van der Waals surface area (Å²) in [7, 11) is 0. The smallest absolute Gasteiger partial charge is 0.159 e. The summed E-state index contributed by atoms with van der Waals surface area (Å²) in [5, 5.41) is 3.53. The zero-order valence-electron chi connectivity index (χ0n) is 20.5. The van der Waals surface area contributed by atoms with E-state index in [1.54, 1.807) is 6.92 Å². The molecule has 0 amide bonds. The van der Waals surface area contributed by atoms with Crippen molar-refractivity contribution >= 4 is 11.5 Å². The summed E-state index contributed by atoms with van der Waals surface area (Å²) in [6.07, 6.45) is 2.27. The van der Waals surface area contributed by atoms with E-state index in [1.165, 1.54) is 5.56 Å². The third-order valence-electron chi connectivity index (χ3n) is 6.50. The molecule has 5 heteroatoms. The minimum atomic E-state index is -1.28. The van der Waals surface area contributed by atoms with Crippen LogP contribution in [0.15, 0.2) is 108 Å². The van der Waals surface area contributed by atoms with Crippen molar-refractivity contribution in [3.8, 4) is 0 Å². The normalized spacial score (nSPS) is 21.0. The van der Waals surface area contributed by atoms with Crippen LogP contribution in [0.1, 0.15) is 30.5 Å². The number of carbonyl (C=O) groups is 1. The van der Waals surface area contributed by atoms with E-state index in [1.807, 2.05) is 67.6 Å². The molecule has 35 heavy (non-hydrogen) atoms. The summed E-state index contributed by atoms with van der Waals surface area (Å²) >= 11 is 0. The van der Waals surface area contributed by atoms with Crippen molar-refractivity contribution < 1.29 is 4.79 Å². The van der Waals surface area contributed by atoms with Gasteiger partial charge < -0.3 is 11.1 Å². The number of ketones is 1. The average molecular weight is 467 g/mol. The standard InChI is InChI=1S/C30H34N4O/c1-23-20-28(32-19-18-25-12-6-3-7-13-25)30(31,24(2)35)29(33-23)34(21-26-14-8-4-9-15-26)22-27-16-10-5-11-17-27/h3-17,20,29,33H,18-19,21-22,31H2,1-2H3. The third-order valence-corrected chi connectivity index (χ3v) is 6.50. The lowest BCUT2D eigenvalue weighted by atomic mass is 9.82. The number of nitrogens with zero attached hydrogens (tertiary/aromatic N) is 2. The number of Topliss-reactive ketones (excluding diaryl/α,β-unsaturated/α-hetero) is 1. The number of nitrogens with two attached hydrogens (primary N) is 1. The first-order chi connectivity index (χ1) is 17.0. The van der Waals surface area contributed by atoms with Crippen LogP contribution in [0, 0.1) is 0 Å². The van der Waals surface area contributed by atoms with Crippen LogP contribution in [-0.2, 0) is 24.3 Å². The molecule has 3 aromatic rings. The van der Waals surface area contributed by atoms with Gasteiger partial charge in [0.1, 0.15) is 6.17 Å². The summed E-state index contributed by atoms with van der Waals surface area (Å²) in [4.78, 5) is 20.3. The van der Waals surface area contributed by atoms with Crippen LogP contribution >= 0.6 is 0 Å². The van der Waals surface area contributed by atoms with Crippen LogP contribution in [0.3, 0.4) is 0 Å². The number of allylic oxidation sites excluding steroid dienone is 1. The van der Waals surface area contributed by atoms with Crippen molar-refractivity contribution in [3.05, 3.63) is 119 Å². The molecular weight excluding hydrogens is 432 g/mol. The molecule has 0 saturated heterocycles. The topological polar surface area (TPSA) is 70.7 Å². The molecular formula is C30H34N4O. The molecule has 0 bridgehead atoms. The Morgan fingerprint density at radius 1 is 0.886 bits per heavy atom. The second kappa shape index (κ2) is 11.3. The van der Waals surface area contributed by atoms with Crippen molar-refractivity contribution in [3.63, 3.8) is 0 Å². The summed E-state index contributed by atoms with van der Waals surface area (Å²) in [5.41, 5.74) is 10.8. The molecule has 2 atom stereocenters. The third kappa shape index (κ3) is 5.94. The predicted octanol–water partition coefficient (Wildman–Crippen LogP) is 4.49. The van der Waals surface area contributed by atoms with Gasteiger partial charge in [0, 0.05) is 25.3 Å². The van der Waals surface area contributed by atoms with Gasteiger partial charge in [-0.1, -0.05) is 91.0 Å². The minimum Gasteiger partial charge on any atom is -0.371 e. The molecule has 0 saturated carbocycles. The summed E-state index contributed by atoms with van der Waals surface area (Å²) < 4.78 is 0. The first-order valence-electron chi connectivity index (χ1n) is 12.1. The summed E-state index contributed by atoms with van der Waals surface area (Å²) in [6, 6.07) is 30.8. The quantitative estimate of drug-likeness (QED) is 0.487. The monoisotopic (exact) mass is 466 g/mol. The molecule has 0 fully saturated rings. The minimum absolute atomic E-state index is 0.108. The highest BCUT2D eigenvalue weighted by Crippen LogP contribution is 2.26. The van der Waals surface area contributed by atoms with Crippen LogP contribution in [-0.4, -0.2) is 34.6 Å². The zero-order chi connectivity index (χ0) is 24.7. The maximum Gasteiger partial charge on any atom is 0.159 e. The fourth-order valence-electron chi connectivity index (χ4n) is 4.59. The lowest BCUT2D eigenvalue weighted by Gasteiger charge is -2.46. The molecule has 1 heterocycles. The molecule has 0 aliphatic carbocycles. The van der Waals surface area contributed by atoms with E-state index in [0.717, 1.165) is 23.2 Å². The van der Waals surface area contributed by atoms with Gasteiger partial charge in [0.05, 0.1) is 5.71 Å². The number of nitrogens with one attached hydrogen (secondary N) is 1. The summed E-state index contributed by atoms with van der Waals surface area (Å²) in [5.74, 6) is -0.108. The fraction of sp³-hybridized carbons (Fsp3) is 0.267. The average Bonchev–Trinajstić information content (AvgIpc) is 2.87. The number of carbonyl (C=O) groups excluding carboxylic acids is 1. The van der Waals surface area contributed by atoms with E-state index < -0.39 is 11.7 Å². The van der Waals surface area contributed by atoms with Crippen LogP contribution in [0.25, 0.3) is 0 Å². The molecule has 3 N–H and O–H groups in total. The van der Waals surface area contributed by atoms with Crippen LogP contribution in [0.2, 0.25) is 0 Å². The fourth-order valence-corrected chi connectivity index (χ4v) is 4.59. The Balaban J connectivity index is 1.68. The number of aliphatic imine (C=N–C) groups is 1. The first kappa shape index (κ1) is 24.6. The Morgan fingerprint density at radius 2 is 1.37 bits per heavy atom. The molecule has 180 valence electrons. The van der Waals surface area contributed by atoms with Crippen LogP contribution in [0.5, 0.6) is 0 Å². The SMILES string of the molecule is CC(=O)C1(N)C(=NCCc2ccccc2)C=C(C)NC1N(Cc1ccccc1)Cc1ccccc1. The van der Waals surface area contributed by atoms with Crippen molar-refractivity contribution in [2.75, 3.05) is 6.54 Å². The van der Waals surface area contributed by atoms with E-state index >= 15 is 0 Å². The number of hydrogen-bond donors (Lipinski definition) is 2. The van der Waals surface area contributed by atoms with Crippen LogP contribution in [0.4, 0.5) is 0 Å². The second-order valence-corrected chi connectivity index (χ2v) is 9.18. The molecule has 0 aromatic heterocycles. The second-order valence-electron chi connectivity index (χ2n) is 9.18. The van der Waals surface area contributed by atoms with Gasteiger partial charge in [0.15, 0.2) is 11.3 Å². The van der Waals surface area contributed by atoms with Gasteiger partial charge in [0.2, 0.25) is 0 Å². The maximum absolute atomic E-state index is 13.2. The van der Waals surface area contributed by atoms with Gasteiger partial charge in [-0.25, -0.2) is 0 Å². The number of benzene rings is 3. The molecule has 0 radical (unpaired) electrons. The van der Waals surface area contributed by atoms with Crippen molar-refractivity contribution in [2.45, 2.75) is 45.1 Å². The molecule has 1 aliphatic heterocycles. The van der Waals surface area contributed by atoms with Crippen molar-refractivity contribution in [1.29, 1.82) is 0 Å². The van der Waals surface area contributed by atoms with Gasteiger partial charge >= 0.3 is 0 Å². The Kier molecular flexibility index (Phi) is 7.91. The van der Waals surface area contributed by atoms with Gasteiger partial charge in [-0.05, 0) is 43.0 Å². The largest absolute Gasteiger partial charge is 0.371 e. The summed E-state index contributed by atoms with van der Waals surface area (Å²) in [6.45, 7) is 5.43. The highest BCUT2D eigenvalue weighted by Gasteiger charge is 2.48. The zero-order valence-corrected chi connectivity index (χ0v) is 20.5. The Bertz CT molecular complexity index is 1130. The number of hydrogen-bond acceptors (Lipinski definition) is 5. The maximum atomic E-state index is 13.2. The van der Waals surface area contributed by atoms with Gasteiger partial charge in [0.25, 0.3) is 0 Å². The molecule has 3 aromatic carbocycles. The van der Waals surface area contributed by atoms with E-state index in [9.17, 15) is 4.79 Å². The predicted molar refractivity (Wildman–Crippen MR) is 143 cm³/mol. The lowest BCUT2D eigenvalue weighted by Crippen LogP contribution is -2.72. The van der Waals surface area contributed by atoms with E-state index in [4.69, 9.17) is 10.7 Å². The molecule has 2 unspecified atom stereocenters.